The Kier molecular flexibility index (Phi) is 5.34. The molecule has 1 N–H and O–H groups in total. The highest BCUT2D eigenvalue weighted by atomic mass is 16.1. The second-order valence-corrected chi connectivity index (χ2v) is 6.56. The van der Waals surface area contributed by atoms with Crippen molar-refractivity contribution in [2.45, 2.75) is 20.8 Å². The third-order valence-electron chi connectivity index (χ3n) is 4.82. The molecule has 1 aliphatic heterocycles. The lowest BCUT2D eigenvalue weighted by Gasteiger charge is -2.35. The Morgan fingerprint density at radius 3 is 2.48 bits per heavy atom. The molecular weight excluding hydrogens is 312 g/mol. The van der Waals surface area contributed by atoms with Crippen molar-refractivity contribution in [3.8, 4) is 0 Å². The summed E-state index contributed by atoms with van der Waals surface area (Å²) in [5.41, 5.74) is 4.62. The number of aromatic nitrogens is 1. The van der Waals surface area contributed by atoms with Gasteiger partial charge in [0.15, 0.2) is 0 Å². The summed E-state index contributed by atoms with van der Waals surface area (Å²) in [6, 6.07) is 9.90. The zero-order chi connectivity index (χ0) is 17.8. The van der Waals surface area contributed by atoms with E-state index in [-0.39, 0.29) is 5.91 Å². The van der Waals surface area contributed by atoms with Crippen molar-refractivity contribution in [2.24, 2.45) is 0 Å². The number of nitrogens with one attached hydrogen (secondary N) is 1. The molecule has 2 aromatic rings. The number of carbonyl (C=O) groups is 1. The van der Waals surface area contributed by atoms with Gasteiger partial charge in [0.05, 0.1) is 5.56 Å². The molecule has 0 aliphatic carbocycles. The fourth-order valence-corrected chi connectivity index (χ4v) is 3.10. The van der Waals surface area contributed by atoms with Gasteiger partial charge in [-0.2, -0.15) is 0 Å². The molecule has 5 nitrogen and oxygen atoms in total. The molecule has 3 rings (SSSR count). The first kappa shape index (κ1) is 17.4. The van der Waals surface area contributed by atoms with Crippen LogP contribution in [-0.4, -0.2) is 48.5 Å². The molecule has 1 amide bonds. The van der Waals surface area contributed by atoms with Crippen molar-refractivity contribution >= 4 is 17.3 Å². The smallest absolute Gasteiger partial charge is 0.257 e. The summed E-state index contributed by atoms with van der Waals surface area (Å²) in [4.78, 5) is 21.4. The van der Waals surface area contributed by atoms with Gasteiger partial charge in [0.1, 0.15) is 0 Å². The Bertz CT molecular complexity index is 734. The van der Waals surface area contributed by atoms with Gasteiger partial charge in [0.2, 0.25) is 0 Å². The molecule has 0 bridgehead atoms. The van der Waals surface area contributed by atoms with E-state index in [1.807, 2.05) is 26.0 Å². The summed E-state index contributed by atoms with van der Waals surface area (Å²) in [6.07, 6.45) is 1.61. The van der Waals surface area contributed by atoms with Gasteiger partial charge in [-0.3, -0.25) is 9.78 Å². The lowest BCUT2D eigenvalue weighted by Crippen LogP contribution is -2.46. The number of benzene rings is 1. The number of rotatable bonds is 4. The molecule has 0 unspecified atom stereocenters. The minimum atomic E-state index is -0.125. The Morgan fingerprint density at radius 2 is 1.88 bits per heavy atom. The molecular formula is C20H26N4O. The average Bonchev–Trinajstić information content (AvgIpc) is 2.64. The van der Waals surface area contributed by atoms with Gasteiger partial charge in [0, 0.05) is 49.4 Å². The summed E-state index contributed by atoms with van der Waals surface area (Å²) in [5, 5.41) is 2.99. The van der Waals surface area contributed by atoms with E-state index < -0.39 is 0 Å². The van der Waals surface area contributed by atoms with E-state index in [4.69, 9.17) is 0 Å². The maximum Gasteiger partial charge on any atom is 0.257 e. The van der Waals surface area contributed by atoms with Crippen LogP contribution in [0.25, 0.3) is 0 Å². The number of likely N-dealkylation sites (N-methyl/N-ethyl adjacent to an activating group) is 1. The number of hydrogen-bond acceptors (Lipinski definition) is 4. The molecule has 0 saturated carbocycles. The zero-order valence-electron chi connectivity index (χ0n) is 15.2. The SMILES string of the molecule is CCN1CCN(c2ccc(NC(=O)c3ccc(C)nc3)c(C)c2)CC1. The van der Waals surface area contributed by atoms with Crippen molar-refractivity contribution < 1.29 is 4.79 Å². The number of nitrogens with zero attached hydrogens (tertiary/aromatic N) is 3. The normalized spacial score (nSPS) is 15.2. The predicted molar refractivity (Wildman–Crippen MR) is 102 cm³/mol. The molecule has 2 heterocycles. The molecule has 5 heteroatoms. The maximum atomic E-state index is 12.4. The summed E-state index contributed by atoms with van der Waals surface area (Å²) >= 11 is 0. The van der Waals surface area contributed by atoms with Crippen LogP contribution in [0.15, 0.2) is 36.5 Å². The molecule has 25 heavy (non-hydrogen) atoms. The summed E-state index contributed by atoms with van der Waals surface area (Å²) in [7, 11) is 0. The minimum absolute atomic E-state index is 0.125. The standard InChI is InChI=1S/C20H26N4O/c1-4-23-9-11-24(12-10-23)18-7-8-19(15(2)13-18)22-20(25)17-6-5-16(3)21-14-17/h5-8,13-14H,4,9-12H2,1-3H3,(H,22,25). The van der Waals surface area contributed by atoms with E-state index >= 15 is 0 Å². The van der Waals surface area contributed by atoms with Crippen LogP contribution >= 0.6 is 0 Å². The Balaban J connectivity index is 1.68. The van der Waals surface area contributed by atoms with Crippen LogP contribution in [0.5, 0.6) is 0 Å². The number of anilines is 2. The first-order valence-electron chi connectivity index (χ1n) is 8.89. The maximum absolute atomic E-state index is 12.4. The highest BCUT2D eigenvalue weighted by Crippen LogP contribution is 2.24. The second kappa shape index (κ2) is 7.66. The molecule has 0 atom stereocenters. The lowest BCUT2D eigenvalue weighted by atomic mass is 10.1. The van der Waals surface area contributed by atoms with Crippen LogP contribution in [0.3, 0.4) is 0 Å². The van der Waals surface area contributed by atoms with Crippen LogP contribution in [0, 0.1) is 13.8 Å². The van der Waals surface area contributed by atoms with Gasteiger partial charge < -0.3 is 15.1 Å². The molecule has 1 aromatic heterocycles. The third-order valence-corrected chi connectivity index (χ3v) is 4.82. The van der Waals surface area contributed by atoms with Crippen molar-refractivity contribution in [1.29, 1.82) is 0 Å². The van der Waals surface area contributed by atoms with Crippen LogP contribution < -0.4 is 10.2 Å². The van der Waals surface area contributed by atoms with Crippen molar-refractivity contribution in [2.75, 3.05) is 42.9 Å². The monoisotopic (exact) mass is 338 g/mol. The number of hydrogen-bond donors (Lipinski definition) is 1. The minimum Gasteiger partial charge on any atom is -0.369 e. The van der Waals surface area contributed by atoms with E-state index in [2.05, 4.69) is 39.2 Å². The fraction of sp³-hybridized carbons (Fsp3) is 0.400. The van der Waals surface area contributed by atoms with E-state index in [0.717, 1.165) is 49.7 Å². The van der Waals surface area contributed by atoms with Crippen LogP contribution in [-0.2, 0) is 0 Å². The average molecular weight is 338 g/mol. The van der Waals surface area contributed by atoms with Crippen molar-refractivity contribution in [1.82, 2.24) is 9.88 Å². The molecule has 1 aromatic carbocycles. The first-order chi connectivity index (χ1) is 12.1. The molecule has 1 saturated heterocycles. The quantitative estimate of drug-likeness (QED) is 0.931. The highest BCUT2D eigenvalue weighted by Gasteiger charge is 2.16. The number of aryl methyl sites for hydroxylation is 2. The highest BCUT2D eigenvalue weighted by molar-refractivity contribution is 6.04. The molecule has 1 aliphatic rings. The Hall–Kier alpha value is -2.40. The first-order valence-corrected chi connectivity index (χ1v) is 8.89. The molecule has 0 radical (unpaired) electrons. The molecule has 1 fully saturated rings. The van der Waals surface area contributed by atoms with E-state index in [0.29, 0.717) is 5.56 Å². The van der Waals surface area contributed by atoms with E-state index in [9.17, 15) is 4.79 Å². The fourth-order valence-electron chi connectivity index (χ4n) is 3.10. The van der Waals surface area contributed by atoms with Gasteiger partial charge in [-0.25, -0.2) is 0 Å². The molecule has 132 valence electrons. The van der Waals surface area contributed by atoms with Crippen molar-refractivity contribution in [3.05, 3.63) is 53.3 Å². The Morgan fingerprint density at radius 1 is 1.12 bits per heavy atom. The lowest BCUT2D eigenvalue weighted by molar-refractivity contribution is 0.102. The summed E-state index contributed by atoms with van der Waals surface area (Å²) < 4.78 is 0. The van der Waals surface area contributed by atoms with E-state index in [1.54, 1.807) is 12.3 Å². The number of amides is 1. The topological polar surface area (TPSA) is 48.5 Å². The van der Waals surface area contributed by atoms with Crippen LogP contribution in [0.1, 0.15) is 28.5 Å². The van der Waals surface area contributed by atoms with Gasteiger partial charge in [-0.1, -0.05) is 6.92 Å². The summed E-state index contributed by atoms with van der Waals surface area (Å²) in [6.45, 7) is 11.6. The van der Waals surface area contributed by atoms with Crippen molar-refractivity contribution in [3.63, 3.8) is 0 Å². The van der Waals surface area contributed by atoms with Gasteiger partial charge in [0.25, 0.3) is 5.91 Å². The molecule has 0 spiro atoms. The predicted octanol–water partition coefficient (Wildman–Crippen LogP) is 3.09. The second-order valence-electron chi connectivity index (χ2n) is 6.56. The van der Waals surface area contributed by atoms with Gasteiger partial charge in [-0.15, -0.1) is 0 Å². The number of piperazine rings is 1. The van der Waals surface area contributed by atoms with Gasteiger partial charge in [-0.05, 0) is 56.3 Å². The zero-order valence-corrected chi connectivity index (χ0v) is 15.2. The third kappa shape index (κ3) is 4.17. The van der Waals surface area contributed by atoms with Crippen LogP contribution in [0.4, 0.5) is 11.4 Å². The largest absolute Gasteiger partial charge is 0.369 e. The number of pyridine rings is 1. The Labute approximate surface area is 149 Å². The van der Waals surface area contributed by atoms with E-state index in [1.165, 1.54) is 5.69 Å². The van der Waals surface area contributed by atoms with Gasteiger partial charge >= 0.3 is 0 Å². The van der Waals surface area contributed by atoms with Crippen LogP contribution in [0.2, 0.25) is 0 Å². The summed E-state index contributed by atoms with van der Waals surface area (Å²) in [5.74, 6) is -0.125. The number of carbonyl (C=O) groups excluding carboxylic acids is 1.